The van der Waals surface area contributed by atoms with Crippen molar-refractivity contribution >= 4 is 11.6 Å². The fourth-order valence-electron chi connectivity index (χ4n) is 1.82. The molecule has 1 heterocycles. The van der Waals surface area contributed by atoms with Crippen molar-refractivity contribution in [1.82, 2.24) is 9.78 Å². The maximum Gasteiger partial charge on any atom is 0.120 e. The minimum Gasteiger partial charge on any atom is -0.489 e. The molecule has 0 N–H and O–H groups in total. The van der Waals surface area contributed by atoms with E-state index in [-0.39, 0.29) is 0 Å². The van der Waals surface area contributed by atoms with Crippen molar-refractivity contribution in [2.75, 3.05) is 5.88 Å². The molecule has 1 aromatic heterocycles. The van der Waals surface area contributed by atoms with Gasteiger partial charge in [0.2, 0.25) is 0 Å². The summed E-state index contributed by atoms with van der Waals surface area (Å²) < 4.78 is 7.65. The molecule has 2 rings (SSSR count). The lowest BCUT2D eigenvalue weighted by Crippen LogP contribution is -1.96. The van der Waals surface area contributed by atoms with Crippen LogP contribution in [-0.4, -0.2) is 15.7 Å². The fourth-order valence-corrected chi connectivity index (χ4v) is 1.88. The average Bonchev–Trinajstić information content (AvgIpc) is 2.92. The summed E-state index contributed by atoms with van der Waals surface area (Å²) in [6.45, 7) is 5.46. The Labute approximate surface area is 124 Å². The van der Waals surface area contributed by atoms with Gasteiger partial charge in [-0.25, -0.2) is 0 Å². The zero-order chi connectivity index (χ0) is 14.4. The van der Waals surface area contributed by atoms with Gasteiger partial charge in [-0.3, -0.25) is 4.68 Å². The summed E-state index contributed by atoms with van der Waals surface area (Å²) in [6, 6.07) is 5.87. The molecule has 104 valence electrons. The van der Waals surface area contributed by atoms with Crippen LogP contribution in [0.1, 0.15) is 23.6 Å². The third-order valence-corrected chi connectivity index (χ3v) is 3.04. The normalized spacial score (nSPS) is 9.95. The van der Waals surface area contributed by atoms with E-state index < -0.39 is 0 Å². The first kappa shape index (κ1) is 14.5. The number of hydrogen-bond donors (Lipinski definition) is 0. The van der Waals surface area contributed by atoms with E-state index in [1.165, 1.54) is 0 Å². The average molecular weight is 289 g/mol. The lowest BCUT2D eigenvalue weighted by atomic mass is 10.1. The molecule has 3 nitrogen and oxygen atoms in total. The summed E-state index contributed by atoms with van der Waals surface area (Å²) in [5.74, 6) is 7.06. The molecule has 0 aliphatic rings. The van der Waals surface area contributed by atoms with Crippen molar-refractivity contribution in [3.05, 3.63) is 47.3 Å². The van der Waals surface area contributed by atoms with Crippen LogP contribution in [0.3, 0.4) is 0 Å². The predicted molar refractivity (Wildman–Crippen MR) is 81.0 cm³/mol. The molecule has 0 amide bonds. The second-order valence-electron chi connectivity index (χ2n) is 4.41. The molecule has 0 radical (unpaired) electrons. The summed E-state index contributed by atoms with van der Waals surface area (Å²) in [5, 5.41) is 4.22. The van der Waals surface area contributed by atoms with Crippen LogP contribution in [0.5, 0.6) is 5.75 Å². The van der Waals surface area contributed by atoms with Crippen LogP contribution >= 0.6 is 11.6 Å². The molecule has 0 aliphatic heterocycles. The predicted octanol–water partition coefficient (Wildman–Crippen LogP) is 3.38. The van der Waals surface area contributed by atoms with E-state index in [2.05, 4.69) is 23.9 Å². The van der Waals surface area contributed by atoms with Crippen molar-refractivity contribution in [2.45, 2.75) is 27.0 Å². The number of halogens is 1. The van der Waals surface area contributed by atoms with Gasteiger partial charge in [0.05, 0.1) is 12.1 Å². The van der Waals surface area contributed by atoms with Gasteiger partial charge in [0.1, 0.15) is 12.4 Å². The zero-order valence-electron chi connectivity index (χ0n) is 11.7. The zero-order valence-corrected chi connectivity index (χ0v) is 12.4. The van der Waals surface area contributed by atoms with Crippen molar-refractivity contribution in [3.63, 3.8) is 0 Å². The van der Waals surface area contributed by atoms with Gasteiger partial charge in [0.25, 0.3) is 0 Å². The molecule has 0 aliphatic carbocycles. The Balaban J connectivity index is 2.01. The van der Waals surface area contributed by atoms with E-state index in [9.17, 15) is 0 Å². The second-order valence-corrected chi connectivity index (χ2v) is 4.67. The first-order valence-electron chi connectivity index (χ1n) is 6.52. The second kappa shape index (κ2) is 7.02. The van der Waals surface area contributed by atoms with Crippen molar-refractivity contribution in [2.24, 2.45) is 0 Å². The molecular formula is C16H17ClN2O. The summed E-state index contributed by atoms with van der Waals surface area (Å²) in [7, 11) is 0. The first-order valence-corrected chi connectivity index (χ1v) is 7.06. The maximum atomic E-state index is 5.76. The molecule has 0 fully saturated rings. The standard InChI is InChI=1S/C16H17ClN2O/c1-3-19-11-14(10-18-19)12-20-16-7-6-15(5-4-8-17)13(2)9-16/h6-7,9-11H,3,8,12H2,1-2H3. The lowest BCUT2D eigenvalue weighted by Gasteiger charge is -2.06. The third kappa shape index (κ3) is 3.79. The van der Waals surface area contributed by atoms with Gasteiger partial charge in [-0.05, 0) is 37.6 Å². The molecule has 1 aromatic carbocycles. The number of hydrogen-bond acceptors (Lipinski definition) is 2. The van der Waals surface area contributed by atoms with E-state index >= 15 is 0 Å². The molecule has 0 saturated carbocycles. The van der Waals surface area contributed by atoms with Crippen LogP contribution < -0.4 is 4.74 Å². The highest BCUT2D eigenvalue weighted by atomic mass is 35.5. The number of nitrogens with zero attached hydrogens (tertiary/aromatic N) is 2. The Bertz CT molecular complexity index is 637. The maximum absolute atomic E-state index is 5.76. The van der Waals surface area contributed by atoms with Crippen LogP contribution in [0.15, 0.2) is 30.6 Å². The van der Waals surface area contributed by atoms with E-state index in [4.69, 9.17) is 16.3 Å². The SMILES string of the molecule is CCn1cc(COc2ccc(C#CCCl)c(C)c2)cn1. The molecule has 0 atom stereocenters. The van der Waals surface area contributed by atoms with E-state index in [0.717, 1.165) is 29.0 Å². The molecule has 2 aromatic rings. The fraction of sp³-hybridized carbons (Fsp3) is 0.312. The number of ether oxygens (including phenoxy) is 1. The lowest BCUT2D eigenvalue weighted by molar-refractivity contribution is 0.306. The first-order chi connectivity index (χ1) is 9.72. The highest BCUT2D eigenvalue weighted by molar-refractivity contribution is 6.19. The number of aromatic nitrogens is 2. The Hall–Kier alpha value is -1.92. The van der Waals surface area contributed by atoms with Gasteiger partial charge in [-0.2, -0.15) is 5.10 Å². The Kier molecular flexibility index (Phi) is 5.09. The Morgan fingerprint density at radius 1 is 1.40 bits per heavy atom. The molecular weight excluding hydrogens is 272 g/mol. The Morgan fingerprint density at radius 3 is 2.90 bits per heavy atom. The van der Waals surface area contributed by atoms with Gasteiger partial charge in [-0.1, -0.05) is 11.8 Å². The topological polar surface area (TPSA) is 27.1 Å². The largest absolute Gasteiger partial charge is 0.489 e. The minimum absolute atomic E-state index is 0.346. The molecule has 4 heteroatoms. The monoisotopic (exact) mass is 288 g/mol. The summed E-state index contributed by atoms with van der Waals surface area (Å²) >= 11 is 5.56. The van der Waals surface area contributed by atoms with Crippen molar-refractivity contribution in [1.29, 1.82) is 0 Å². The number of aryl methyl sites for hydroxylation is 2. The summed E-state index contributed by atoms with van der Waals surface area (Å²) in [4.78, 5) is 0. The van der Waals surface area contributed by atoms with Crippen LogP contribution in [0.25, 0.3) is 0 Å². The van der Waals surface area contributed by atoms with E-state index in [1.54, 1.807) is 0 Å². The van der Waals surface area contributed by atoms with Crippen LogP contribution in [-0.2, 0) is 13.2 Å². The molecule has 0 spiro atoms. The molecule has 0 saturated heterocycles. The van der Waals surface area contributed by atoms with Gasteiger partial charge >= 0.3 is 0 Å². The highest BCUT2D eigenvalue weighted by Gasteiger charge is 2.01. The van der Waals surface area contributed by atoms with Crippen LogP contribution in [0.4, 0.5) is 0 Å². The van der Waals surface area contributed by atoms with Crippen molar-refractivity contribution in [3.8, 4) is 17.6 Å². The minimum atomic E-state index is 0.346. The summed E-state index contributed by atoms with van der Waals surface area (Å²) in [5.41, 5.74) is 3.14. The van der Waals surface area contributed by atoms with E-state index in [0.29, 0.717) is 12.5 Å². The smallest absolute Gasteiger partial charge is 0.120 e. The van der Waals surface area contributed by atoms with Crippen molar-refractivity contribution < 1.29 is 4.74 Å². The summed E-state index contributed by atoms with van der Waals surface area (Å²) in [6.07, 6.45) is 3.82. The Morgan fingerprint density at radius 2 is 2.25 bits per heavy atom. The number of rotatable bonds is 4. The number of benzene rings is 1. The number of alkyl halides is 1. The molecule has 20 heavy (non-hydrogen) atoms. The van der Waals surface area contributed by atoms with Gasteiger partial charge in [0, 0.05) is 23.9 Å². The van der Waals surface area contributed by atoms with Gasteiger partial charge in [-0.15, -0.1) is 11.6 Å². The third-order valence-electron chi connectivity index (χ3n) is 2.90. The molecule has 0 unspecified atom stereocenters. The van der Waals surface area contributed by atoms with Gasteiger partial charge in [0.15, 0.2) is 0 Å². The van der Waals surface area contributed by atoms with Crippen LogP contribution in [0.2, 0.25) is 0 Å². The van der Waals surface area contributed by atoms with Gasteiger partial charge < -0.3 is 4.74 Å². The quantitative estimate of drug-likeness (QED) is 0.637. The molecule has 0 bridgehead atoms. The highest BCUT2D eigenvalue weighted by Crippen LogP contribution is 2.18. The van der Waals surface area contributed by atoms with Crippen LogP contribution in [0, 0.1) is 18.8 Å². The van der Waals surface area contributed by atoms with E-state index in [1.807, 2.05) is 42.2 Å².